The first kappa shape index (κ1) is 45.0. The molecular formula is C29H64N2O7S. The molecule has 0 saturated carbocycles. The van der Waals surface area contributed by atoms with E-state index >= 15 is 0 Å². The Hall–Kier alpha value is -1.04. The zero-order chi connectivity index (χ0) is 30.8. The van der Waals surface area contributed by atoms with Gasteiger partial charge in [0.2, 0.25) is 0 Å². The molecule has 238 valence electrons. The number of aliphatic hydroxyl groups excluding tert-OH is 1. The molecule has 0 spiro atoms. The number of allylic oxidation sites excluding steroid dienone is 1. The molecule has 1 unspecified atom stereocenters. The molecule has 0 radical (unpaired) electrons. The monoisotopic (exact) mass is 584 g/mol. The number of rotatable bonds is 21. The predicted octanol–water partition coefficient (Wildman–Crippen LogP) is 6.61. The fourth-order valence-electron chi connectivity index (χ4n) is 2.91. The second kappa shape index (κ2) is 37.0. The molecule has 0 aliphatic rings. The van der Waals surface area contributed by atoms with Crippen LogP contribution in [0.4, 0.5) is 0 Å². The minimum atomic E-state index is -4.17. The van der Waals surface area contributed by atoms with Crippen molar-refractivity contribution in [2.24, 2.45) is 5.73 Å². The molecule has 0 bridgehead atoms. The summed E-state index contributed by atoms with van der Waals surface area (Å²) in [5.41, 5.74) is 5.21. The maximum absolute atomic E-state index is 10.3. The Morgan fingerprint density at radius 3 is 1.79 bits per heavy atom. The van der Waals surface area contributed by atoms with Gasteiger partial charge in [0.1, 0.15) is 0 Å². The van der Waals surface area contributed by atoms with Gasteiger partial charge in [0.25, 0.3) is 0 Å². The van der Waals surface area contributed by atoms with Crippen LogP contribution in [0.15, 0.2) is 12.2 Å². The van der Waals surface area contributed by atoms with Crippen molar-refractivity contribution in [3.8, 4) is 0 Å². The van der Waals surface area contributed by atoms with Crippen molar-refractivity contribution in [2.75, 3.05) is 33.8 Å². The van der Waals surface area contributed by atoms with E-state index in [1.54, 1.807) is 0 Å². The molecule has 0 fully saturated rings. The van der Waals surface area contributed by atoms with Crippen LogP contribution < -0.4 is 5.73 Å². The van der Waals surface area contributed by atoms with Crippen LogP contribution in [0.3, 0.4) is 0 Å². The molecule has 0 heterocycles. The van der Waals surface area contributed by atoms with Crippen LogP contribution >= 0.6 is 0 Å². The first-order chi connectivity index (χ1) is 18.4. The molecule has 10 heteroatoms. The lowest BCUT2D eigenvalue weighted by Crippen LogP contribution is -2.08. The molecule has 0 aromatic heterocycles. The van der Waals surface area contributed by atoms with Gasteiger partial charge < -0.3 is 20.8 Å². The Morgan fingerprint density at radius 2 is 1.38 bits per heavy atom. The number of hydrogen-bond acceptors (Lipinski definition) is 7. The van der Waals surface area contributed by atoms with Crippen LogP contribution in [0.25, 0.3) is 0 Å². The van der Waals surface area contributed by atoms with Crippen LogP contribution in [0.5, 0.6) is 0 Å². The number of carboxylic acids is 1. The first-order valence-electron chi connectivity index (χ1n) is 14.9. The summed E-state index contributed by atoms with van der Waals surface area (Å²) in [6, 6.07) is 0. The fraction of sp³-hybridized carbons (Fsp3) is 0.897. The number of unbranched alkanes of at least 4 members (excludes halogenated alkanes) is 10. The van der Waals surface area contributed by atoms with Gasteiger partial charge in [-0.05, 0) is 72.6 Å². The number of carboxylic acid groups (broad SMARTS) is 1. The van der Waals surface area contributed by atoms with Crippen LogP contribution in [0.2, 0.25) is 0 Å². The molecular weight excluding hydrogens is 520 g/mol. The average molecular weight is 585 g/mol. The number of nitrogens with zero attached hydrogens (tertiary/aromatic N) is 1. The SMILES string of the molecule is CCCCCCC(O)C/C=C\CCCCCCCC(=O)O.CCCCCN.CCN(C)C.CCOS(=O)(=O)O. The van der Waals surface area contributed by atoms with E-state index in [4.69, 9.17) is 15.4 Å². The molecule has 0 rings (SSSR count). The summed E-state index contributed by atoms with van der Waals surface area (Å²) in [7, 11) is -0.0631. The van der Waals surface area contributed by atoms with E-state index in [-0.39, 0.29) is 12.7 Å². The Kier molecular flexibility index (Phi) is 42.6. The van der Waals surface area contributed by atoms with Crippen molar-refractivity contribution < 1.29 is 32.2 Å². The summed E-state index contributed by atoms with van der Waals surface area (Å²) in [6.45, 7) is 9.93. The minimum Gasteiger partial charge on any atom is -0.481 e. The van der Waals surface area contributed by atoms with Gasteiger partial charge in [0.15, 0.2) is 0 Å². The molecule has 0 aliphatic carbocycles. The van der Waals surface area contributed by atoms with E-state index in [9.17, 15) is 18.3 Å². The third-order valence-corrected chi connectivity index (χ3v) is 5.97. The van der Waals surface area contributed by atoms with E-state index < -0.39 is 16.4 Å². The average Bonchev–Trinajstić information content (AvgIpc) is 2.86. The summed E-state index contributed by atoms with van der Waals surface area (Å²) < 4.78 is 30.7. The summed E-state index contributed by atoms with van der Waals surface area (Å²) in [6.07, 6.45) is 21.1. The molecule has 0 aromatic rings. The van der Waals surface area contributed by atoms with E-state index in [2.05, 4.69) is 56.1 Å². The van der Waals surface area contributed by atoms with Crippen LogP contribution in [-0.4, -0.2) is 73.9 Å². The lowest BCUT2D eigenvalue weighted by atomic mass is 10.1. The standard InChI is InChI=1S/C18H34O3.C5H13N.C4H11N.C2H6O4S/c1-2-3-4-11-14-17(19)15-12-9-7-5-6-8-10-13-16-18(20)21;1-2-3-4-5-6;1-4-5(2)3;1-2-6-7(3,4)5/h9,12,17,19H,2-8,10-11,13-16H2,1H3,(H,20,21);2-6H2,1H3;4H2,1-3H3;2H2,1H3,(H,3,4,5)/b12-9-;;;. The molecule has 0 saturated heterocycles. The molecule has 1 atom stereocenters. The zero-order valence-corrected chi connectivity index (χ0v) is 26.9. The zero-order valence-electron chi connectivity index (χ0n) is 26.1. The third-order valence-electron chi connectivity index (χ3n) is 5.43. The van der Waals surface area contributed by atoms with Crippen LogP contribution in [0, 0.1) is 0 Å². The summed E-state index contributed by atoms with van der Waals surface area (Å²) >= 11 is 0. The minimum absolute atomic E-state index is 0.0289. The van der Waals surface area contributed by atoms with Crippen molar-refractivity contribution in [2.45, 2.75) is 137 Å². The number of carbonyl (C=O) groups is 1. The van der Waals surface area contributed by atoms with E-state index in [0.717, 1.165) is 64.5 Å². The van der Waals surface area contributed by atoms with Gasteiger partial charge in [-0.3, -0.25) is 9.35 Å². The van der Waals surface area contributed by atoms with Crippen molar-refractivity contribution in [3.05, 3.63) is 12.2 Å². The first-order valence-corrected chi connectivity index (χ1v) is 16.3. The Balaban J connectivity index is -0.000000274. The summed E-state index contributed by atoms with van der Waals surface area (Å²) in [5, 5.41) is 18.3. The van der Waals surface area contributed by atoms with Gasteiger partial charge in [0.05, 0.1) is 12.7 Å². The molecule has 39 heavy (non-hydrogen) atoms. The Labute approximate surface area is 241 Å². The maximum Gasteiger partial charge on any atom is 0.397 e. The second-order valence-corrected chi connectivity index (χ2v) is 10.7. The normalized spacial score (nSPS) is 11.6. The van der Waals surface area contributed by atoms with Crippen LogP contribution in [-0.2, 0) is 19.4 Å². The van der Waals surface area contributed by atoms with Crippen molar-refractivity contribution in [3.63, 3.8) is 0 Å². The highest BCUT2D eigenvalue weighted by Gasteiger charge is 2.01. The van der Waals surface area contributed by atoms with Crippen molar-refractivity contribution in [1.29, 1.82) is 0 Å². The number of aliphatic carboxylic acids is 1. The van der Waals surface area contributed by atoms with E-state index in [0.29, 0.717) is 6.42 Å². The van der Waals surface area contributed by atoms with Gasteiger partial charge in [-0.2, -0.15) is 8.42 Å². The van der Waals surface area contributed by atoms with Gasteiger partial charge in [0, 0.05) is 6.42 Å². The predicted molar refractivity (Wildman–Crippen MR) is 164 cm³/mol. The number of nitrogens with two attached hydrogens (primary N) is 1. The largest absolute Gasteiger partial charge is 0.481 e. The van der Waals surface area contributed by atoms with E-state index in [1.165, 1.54) is 51.9 Å². The Bertz CT molecular complexity index is 596. The van der Waals surface area contributed by atoms with Crippen molar-refractivity contribution >= 4 is 16.4 Å². The maximum atomic E-state index is 10.3. The number of hydrogen-bond donors (Lipinski definition) is 4. The topological polar surface area (TPSA) is 150 Å². The highest BCUT2D eigenvalue weighted by Crippen LogP contribution is 2.10. The summed E-state index contributed by atoms with van der Waals surface area (Å²) in [4.78, 5) is 12.5. The second-order valence-electron chi connectivity index (χ2n) is 9.64. The molecule has 9 nitrogen and oxygen atoms in total. The fourth-order valence-corrected chi connectivity index (χ4v) is 3.21. The lowest BCUT2D eigenvalue weighted by molar-refractivity contribution is -0.137. The van der Waals surface area contributed by atoms with Gasteiger partial charge in [-0.25, -0.2) is 4.18 Å². The highest BCUT2D eigenvalue weighted by molar-refractivity contribution is 7.80. The quantitative estimate of drug-likeness (QED) is 0.0663. The van der Waals surface area contributed by atoms with Gasteiger partial charge in [-0.15, -0.1) is 0 Å². The number of aliphatic hydroxyl groups is 1. The third kappa shape index (κ3) is 62.1. The smallest absolute Gasteiger partial charge is 0.397 e. The van der Waals surface area contributed by atoms with Gasteiger partial charge >= 0.3 is 16.4 Å². The van der Waals surface area contributed by atoms with Gasteiger partial charge in [-0.1, -0.05) is 90.7 Å². The molecule has 5 N–H and O–H groups in total. The molecule has 0 amide bonds. The molecule has 0 aliphatic heterocycles. The summed E-state index contributed by atoms with van der Waals surface area (Å²) in [5.74, 6) is -0.689. The Morgan fingerprint density at radius 1 is 0.872 bits per heavy atom. The van der Waals surface area contributed by atoms with E-state index in [1.807, 2.05) is 0 Å². The van der Waals surface area contributed by atoms with Crippen LogP contribution in [0.1, 0.15) is 130 Å². The van der Waals surface area contributed by atoms with Crippen molar-refractivity contribution in [1.82, 2.24) is 4.90 Å². The molecule has 0 aromatic carbocycles. The highest BCUT2D eigenvalue weighted by atomic mass is 32.3. The lowest BCUT2D eigenvalue weighted by Gasteiger charge is -2.07.